The molecule has 17 heavy (non-hydrogen) atoms. The van der Waals surface area contributed by atoms with Gasteiger partial charge in [0.15, 0.2) is 0 Å². The molecule has 0 aromatic heterocycles. The van der Waals surface area contributed by atoms with Gasteiger partial charge in [0.25, 0.3) is 0 Å². The van der Waals surface area contributed by atoms with Crippen LogP contribution in [0.1, 0.15) is 24.8 Å². The van der Waals surface area contributed by atoms with Crippen molar-refractivity contribution in [3.63, 3.8) is 0 Å². The summed E-state index contributed by atoms with van der Waals surface area (Å²) in [6, 6.07) is 8.94. The molecule has 0 radical (unpaired) electrons. The third kappa shape index (κ3) is 5.25. The van der Waals surface area contributed by atoms with Gasteiger partial charge in [0, 0.05) is 13.0 Å². The summed E-state index contributed by atoms with van der Waals surface area (Å²) < 4.78 is 35.6. The monoisotopic (exact) mass is 242 g/mol. The number of nitrogens with one attached hydrogen (secondary N) is 1. The van der Waals surface area contributed by atoms with Gasteiger partial charge in [0.1, 0.15) is 6.07 Å². The van der Waals surface area contributed by atoms with E-state index in [-0.39, 0.29) is 6.42 Å². The number of alkyl halides is 3. The van der Waals surface area contributed by atoms with Gasteiger partial charge in [-0.1, -0.05) is 12.1 Å². The first-order valence-electron chi connectivity index (χ1n) is 5.33. The molecule has 0 heterocycles. The Morgan fingerprint density at radius 2 is 1.88 bits per heavy atom. The zero-order valence-corrected chi connectivity index (χ0v) is 9.22. The standard InChI is InChI=1S/C12H13F3N2/c13-12(14,15)7-3-4-8-17-11-6-2-1-5-10(11)9-16/h1-2,5-6,17H,3-4,7-8H2. The van der Waals surface area contributed by atoms with Crippen LogP contribution in [-0.4, -0.2) is 12.7 Å². The summed E-state index contributed by atoms with van der Waals surface area (Å²) in [6.45, 7) is 0.439. The molecule has 0 spiro atoms. The lowest BCUT2D eigenvalue weighted by atomic mass is 10.2. The molecule has 0 fully saturated rings. The van der Waals surface area contributed by atoms with E-state index >= 15 is 0 Å². The number of rotatable bonds is 5. The van der Waals surface area contributed by atoms with Gasteiger partial charge in [-0.2, -0.15) is 18.4 Å². The largest absolute Gasteiger partial charge is 0.389 e. The third-order valence-electron chi connectivity index (χ3n) is 2.25. The smallest absolute Gasteiger partial charge is 0.384 e. The highest BCUT2D eigenvalue weighted by atomic mass is 19.4. The van der Waals surface area contributed by atoms with Crippen molar-refractivity contribution in [2.45, 2.75) is 25.4 Å². The fourth-order valence-corrected chi connectivity index (χ4v) is 1.41. The van der Waals surface area contributed by atoms with Crippen LogP contribution in [0.4, 0.5) is 18.9 Å². The minimum atomic E-state index is -4.08. The maximum Gasteiger partial charge on any atom is 0.389 e. The number of hydrogen-bond donors (Lipinski definition) is 1. The summed E-state index contributed by atoms with van der Waals surface area (Å²) in [5.41, 5.74) is 1.17. The lowest BCUT2D eigenvalue weighted by molar-refractivity contribution is -0.135. The lowest BCUT2D eigenvalue weighted by Crippen LogP contribution is -2.09. The van der Waals surface area contributed by atoms with Crippen LogP contribution in [-0.2, 0) is 0 Å². The molecule has 0 bridgehead atoms. The van der Waals surface area contributed by atoms with Crippen molar-refractivity contribution in [2.75, 3.05) is 11.9 Å². The highest BCUT2D eigenvalue weighted by molar-refractivity contribution is 5.56. The molecule has 1 aromatic rings. The van der Waals surface area contributed by atoms with Gasteiger partial charge in [0.2, 0.25) is 0 Å². The van der Waals surface area contributed by atoms with Gasteiger partial charge < -0.3 is 5.32 Å². The van der Waals surface area contributed by atoms with Crippen molar-refractivity contribution in [3.05, 3.63) is 29.8 Å². The minimum Gasteiger partial charge on any atom is -0.384 e. The second kappa shape index (κ2) is 6.14. The molecule has 1 rings (SSSR count). The van der Waals surface area contributed by atoms with Crippen molar-refractivity contribution < 1.29 is 13.2 Å². The van der Waals surface area contributed by atoms with E-state index in [9.17, 15) is 13.2 Å². The van der Waals surface area contributed by atoms with Crippen LogP contribution >= 0.6 is 0 Å². The lowest BCUT2D eigenvalue weighted by Gasteiger charge is -2.08. The fourth-order valence-electron chi connectivity index (χ4n) is 1.41. The Hall–Kier alpha value is -1.70. The summed E-state index contributed by atoms with van der Waals surface area (Å²) in [5, 5.41) is 11.7. The van der Waals surface area contributed by atoms with E-state index in [0.717, 1.165) is 0 Å². The first kappa shape index (κ1) is 13.4. The molecule has 0 saturated carbocycles. The normalized spacial score (nSPS) is 10.9. The van der Waals surface area contributed by atoms with Gasteiger partial charge in [-0.3, -0.25) is 0 Å². The van der Waals surface area contributed by atoms with Crippen LogP contribution < -0.4 is 5.32 Å². The van der Waals surface area contributed by atoms with Gasteiger partial charge >= 0.3 is 6.18 Å². The SMILES string of the molecule is N#Cc1ccccc1NCCCCC(F)(F)F. The Kier molecular flexibility index (Phi) is 4.83. The maximum absolute atomic E-state index is 11.9. The molecule has 0 aliphatic carbocycles. The molecule has 0 aliphatic rings. The number of halogens is 3. The summed E-state index contributed by atoms with van der Waals surface area (Å²) in [5.74, 6) is 0. The molecule has 92 valence electrons. The zero-order chi connectivity index (χ0) is 12.7. The van der Waals surface area contributed by atoms with Crippen LogP contribution in [0.25, 0.3) is 0 Å². The van der Waals surface area contributed by atoms with Gasteiger partial charge in [-0.25, -0.2) is 0 Å². The first-order chi connectivity index (χ1) is 8.03. The molecule has 0 atom stereocenters. The van der Waals surface area contributed by atoms with E-state index < -0.39 is 12.6 Å². The van der Waals surface area contributed by atoms with Crippen LogP contribution in [0.5, 0.6) is 0 Å². The summed E-state index contributed by atoms with van der Waals surface area (Å²) in [7, 11) is 0. The van der Waals surface area contributed by atoms with E-state index in [1.54, 1.807) is 24.3 Å². The number of benzene rings is 1. The zero-order valence-electron chi connectivity index (χ0n) is 9.22. The average molecular weight is 242 g/mol. The Morgan fingerprint density at radius 3 is 2.53 bits per heavy atom. The molecule has 5 heteroatoms. The van der Waals surface area contributed by atoms with E-state index in [0.29, 0.717) is 24.2 Å². The second-order valence-electron chi connectivity index (χ2n) is 3.66. The summed E-state index contributed by atoms with van der Waals surface area (Å²) >= 11 is 0. The minimum absolute atomic E-state index is 0.102. The van der Waals surface area contributed by atoms with E-state index in [1.165, 1.54) is 0 Å². The van der Waals surface area contributed by atoms with Crippen LogP contribution in [0.3, 0.4) is 0 Å². The molecule has 1 N–H and O–H groups in total. The number of anilines is 1. The van der Waals surface area contributed by atoms with Crippen molar-refractivity contribution in [1.82, 2.24) is 0 Å². The Bertz CT molecular complexity index is 393. The van der Waals surface area contributed by atoms with Crippen LogP contribution in [0.15, 0.2) is 24.3 Å². The van der Waals surface area contributed by atoms with Crippen molar-refractivity contribution >= 4 is 5.69 Å². The average Bonchev–Trinajstić information content (AvgIpc) is 2.27. The van der Waals surface area contributed by atoms with Crippen molar-refractivity contribution in [2.24, 2.45) is 0 Å². The molecular formula is C12H13F3N2. The molecular weight excluding hydrogens is 229 g/mol. The van der Waals surface area contributed by atoms with Crippen molar-refractivity contribution in [1.29, 1.82) is 5.26 Å². The third-order valence-corrected chi connectivity index (χ3v) is 2.25. The number of para-hydroxylation sites is 1. The molecule has 1 aromatic carbocycles. The number of unbranched alkanes of at least 4 members (excludes halogenated alkanes) is 1. The van der Waals surface area contributed by atoms with E-state index in [4.69, 9.17) is 5.26 Å². The second-order valence-corrected chi connectivity index (χ2v) is 3.66. The highest BCUT2D eigenvalue weighted by Crippen LogP contribution is 2.22. The maximum atomic E-state index is 11.9. The summed E-state index contributed by atoms with van der Waals surface area (Å²) in [6.07, 6.45) is -4.30. The Balaban J connectivity index is 2.30. The summed E-state index contributed by atoms with van der Waals surface area (Å²) in [4.78, 5) is 0. The van der Waals surface area contributed by atoms with Crippen LogP contribution in [0, 0.1) is 11.3 Å². The van der Waals surface area contributed by atoms with Gasteiger partial charge in [-0.05, 0) is 25.0 Å². The van der Waals surface area contributed by atoms with E-state index in [1.807, 2.05) is 6.07 Å². The van der Waals surface area contributed by atoms with Gasteiger partial charge in [-0.15, -0.1) is 0 Å². The van der Waals surface area contributed by atoms with Gasteiger partial charge in [0.05, 0.1) is 11.3 Å². The van der Waals surface area contributed by atoms with Crippen molar-refractivity contribution in [3.8, 4) is 6.07 Å². The predicted molar refractivity (Wildman–Crippen MR) is 59.6 cm³/mol. The van der Waals surface area contributed by atoms with E-state index in [2.05, 4.69) is 5.32 Å². The number of nitrogens with zero attached hydrogens (tertiary/aromatic N) is 1. The number of hydrogen-bond acceptors (Lipinski definition) is 2. The molecule has 2 nitrogen and oxygen atoms in total. The Morgan fingerprint density at radius 1 is 1.18 bits per heavy atom. The quantitative estimate of drug-likeness (QED) is 0.799. The molecule has 0 amide bonds. The number of nitriles is 1. The topological polar surface area (TPSA) is 35.8 Å². The highest BCUT2D eigenvalue weighted by Gasteiger charge is 2.25. The first-order valence-corrected chi connectivity index (χ1v) is 5.33. The molecule has 0 aliphatic heterocycles. The molecule has 0 unspecified atom stereocenters. The Labute approximate surface area is 98.1 Å². The molecule has 0 saturated heterocycles. The predicted octanol–water partition coefficient (Wildman–Crippen LogP) is 3.70. The van der Waals surface area contributed by atoms with Crippen LogP contribution in [0.2, 0.25) is 0 Å². The fraction of sp³-hybridized carbons (Fsp3) is 0.417.